The first-order valence-electron chi connectivity index (χ1n) is 9.72. The Bertz CT molecular complexity index is 982. The number of hydrogen-bond acceptors (Lipinski definition) is 6. The molecule has 1 saturated heterocycles. The molecule has 0 atom stereocenters. The van der Waals surface area contributed by atoms with E-state index in [1.54, 1.807) is 18.6 Å². The van der Waals surface area contributed by atoms with Crippen molar-refractivity contribution in [2.45, 2.75) is 13.8 Å². The van der Waals surface area contributed by atoms with Gasteiger partial charge in [0.15, 0.2) is 0 Å². The van der Waals surface area contributed by atoms with Crippen molar-refractivity contribution >= 4 is 23.4 Å². The highest BCUT2D eigenvalue weighted by atomic mass is 16.2. The van der Waals surface area contributed by atoms with Crippen LogP contribution < -0.4 is 10.2 Å². The average Bonchev–Trinajstić information content (AvgIpc) is 2.77. The Morgan fingerprint density at radius 1 is 0.966 bits per heavy atom. The molecule has 4 rings (SSSR count). The van der Waals surface area contributed by atoms with Gasteiger partial charge in [-0.3, -0.25) is 4.79 Å². The van der Waals surface area contributed by atoms with E-state index in [1.165, 1.54) is 0 Å². The zero-order valence-electron chi connectivity index (χ0n) is 16.7. The highest BCUT2D eigenvalue weighted by Gasteiger charge is 2.23. The van der Waals surface area contributed by atoms with Gasteiger partial charge in [0.1, 0.15) is 5.82 Å². The van der Waals surface area contributed by atoms with Crippen LogP contribution in [-0.4, -0.2) is 51.9 Å². The molecular weight excluding hydrogens is 364 g/mol. The van der Waals surface area contributed by atoms with Crippen LogP contribution >= 0.6 is 0 Å². The summed E-state index contributed by atoms with van der Waals surface area (Å²) in [4.78, 5) is 29.9. The van der Waals surface area contributed by atoms with Crippen LogP contribution in [0, 0.1) is 13.8 Å². The predicted molar refractivity (Wildman–Crippen MR) is 114 cm³/mol. The van der Waals surface area contributed by atoms with E-state index in [0.717, 1.165) is 35.7 Å². The van der Waals surface area contributed by atoms with Crippen molar-refractivity contribution in [3.8, 4) is 0 Å². The number of nitrogens with one attached hydrogen (secondary N) is 1. The molecule has 0 spiro atoms. The number of pyridine rings is 1. The number of aromatic nitrogens is 3. The van der Waals surface area contributed by atoms with Crippen LogP contribution in [0.4, 0.5) is 17.5 Å². The molecule has 1 fully saturated rings. The molecule has 1 aliphatic heterocycles. The first-order chi connectivity index (χ1) is 14.1. The van der Waals surface area contributed by atoms with E-state index in [1.807, 2.05) is 36.9 Å². The van der Waals surface area contributed by atoms with Gasteiger partial charge >= 0.3 is 0 Å². The maximum Gasteiger partial charge on any atom is 0.257 e. The lowest BCUT2D eigenvalue weighted by atomic mass is 10.1. The molecule has 29 heavy (non-hydrogen) atoms. The molecule has 2 aromatic heterocycles. The van der Waals surface area contributed by atoms with E-state index in [9.17, 15) is 4.79 Å². The van der Waals surface area contributed by atoms with Crippen LogP contribution in [0.5, 0.6) is 0 Å². The molecule has 1 aliphatic rings. The number of hydrogen-bond donors (Lipinski definition) is 1. The molecule has 1 N–H and O–H groups in total. The molecule has 1 amide bonds. The van der Waals surface area contributed by atoms with Crippen molar-refractivity contribution in [1.29, 1.82) is 0 Å². The minimum Gasteiger partial charge on any atom is -0.353 e. The number of piperazine rings is 1. The average molecular weight is 388 g/mol. The fourth-order valence-electron chi connectivity index (χ4n) is 3.36. The number of amides is 1. The third kappa shape index (κ3) is 4.34. The van der Waals surface area contributed by atoms with E-state index in [0.29, 0.717) is 24.6 Å². The SMILES string of the molecule is Cc1ccc(C)c(Nc2ncc(C(=O)N3CCN(c4ccccn4)CC3)cn2)c1. The molecule has 0 radical (unpaired) electrons. The van der Waals surface area contributed by atoms with E-state index in [2.05, 4.69) is 43.4 Å². The highest BCUT2D eigenvalue weighted by molar-refractivity contribution is 5.93. The van der Waals surface area contributed by atoms with Crippen LogP contribution in [0.15, 0.2) is 55.0 Å². The molecule has 0 bridgehead atoms. The Balaban J connectivity index is 1.38. The van der Waals surface area contributed by atoms with Gasteiger partial charge in [-0.2, -0.15) is 0 Å². The van der Waals surface area contributed by atoms with Crippen molar-refractivity contribution < 1.29 is 4.79 Å². The number of nitrogens with zero attached hydrogens (tertiary/aromatic N) is 5. The monoisotopic (exact) mass is 388 g/mol. The molecule has 0 unspecified atom stereocenters. The van der Waals surface area contributed by atoms with E-state index < -0.39 is 0 Å². The third-order valence-corrected chi connectivity index (χ3v) is 5.08. The summed E-state index contributed by atoms with van der Waals surface area (Å²) in [6.45, 7) is 6.90. The second-order valence-corrected chi connectivity index (χ2v) is 7.21. The first-order valence-corrected chi connectivity index (χ1v) is 9.72. The smallest absolute Gasteiger partial charge is 0.257 e. The van der Waals surface area contributed by atoms with Gasteiger partial charge in [0.05, 0.1) is 5.56 Å². The minimum atomic E-state index is -0.0380. The molecule has 3 heterocycles. The summed E-state index contributed by atoms with van der Waals surface area (Å²) in [5.41, 5.74) is 3.75. The second kappa shape index (κ2) is 8.26. The largest absolute Gasteiger partial charge is 0.353 e. The number of anilines is 3. The highest BCUT2D eigenvalue weighted by Crippen LogP contribution is 2.20. The van der Waals surface area contributed by atoms with Crippen LogP contribution in [0.25, 0.3) is 0 Å². The fraction of sp³-hybridized carbons (Fsp3) is 0.273. The topological polar surface area (TPSA) is 74.2 Å². The summed E-state index contributed by atoms with van der Waals surface area (Å²) in [6, 6.07) is 12.1. The zero-order chi connectivity index (χ0) is 20.2. The van der Waals surface area contributed by atoms with Crippen molar-refractivity contribution in [2.24, 2.45) is 0 Å². The normalized spacial score (nSPS) is 14.0. The van der Waals surface area contributed by atoms with Gasteiger partial charge in [0.25, 0.3) is 5.91 Å². The van der Waals surface area contributed by atoms with Crippen molar-refractivity contribution in [3.05, 3.63) is 71.7 Å². The lowest BCUT2D eigenvalue weighted by Crippen LogP contribution is -2.49. The van der Waals surface area contributed by atoms with E-state index >= 15 is 0 Å². The molecule has 148 valence electrons. The summed E-state index contributed by atoms with van der Waals surface area (Å²) in [7, 11) is 0. The van der Waals surface area contributed by atoms with Gasteiger partial charge in [-0.25, -0.2) is 15.0 Å². The van der Waals surface area contributed by atoms with Gasteiger partial charge in [-0.1, -0.05) is 18.2 Å². The Labute approximate surface area is 170 Å². The minimum absolute atomic E-state index is 0.0380. The summed E-state index contributed by atoms with van der Waals surface area (Å²) in [6.07, 6.45) is 4.97. The predicted octanol–water partition coefficient (Wildman–Crippen LogP) is 3.19. The Morgan fingerprint density at radius 2 is 1.72 bits per heavy atom. The lowest BCUT2D eigenvalue weighted by Gasteiger charge is -2.35. The number of carbonyl (C=O) groups is 1. The molecule has 7 nitrogen and oxygen atoms in total. The Kier molecular flexibility index (Phi) is 5.37. The molecule has 1 aromatic carbocycles. The van der Waals surface area contributed by atoms with Crippen molar-refractivity contribution in [3.63, 3.8) is 0 Å². The number of aryl methyl sites for hydroxylation is 2. The van der Waals surface area contributed by atoms with Gasteiger partial charge < -0.3 is 15.1 Å². The van der Waals surface area contributed by atoms with E-state index in [-0.39, 0.29) is 5.91 Å². The number of carbonyl (C=O) groups excluding carboxylic acids is 1. The third-order valence-electron chi connectivity index (χ3n) is 5.08. The molecule has 7 heteroatoms. The molecule has 0 aliphatic carbocycles. The maximum atomic E-state index is 12.8. The van der Waals surface area contributed by atoms with E-state index in [4.69, 9.17) is 0 Å². The molecule has 3 aromatic rings. The number of benzene rings is 1. The van der Waals surface area contributed by atoms with Gasteiger partial charge in [0.2, 0.25) is 5.95 Å². The Morgan fingerprint density at radius 3 is 2.41 bits per heavy atom. The maximum absolute atomic E-state index is 12.8. The fourth-order valence-corrected chi connectivity index (χ4v) is 3.36. The zero-order valence-corrected chi connectivity index (χ0v) is 16.7. The van der Waals surface area contributed by atoms with Gasteiger partial charge in [0, 0.05) is 50.5 Å². The summed E-state index contributed by atoms with van der Waals surface area (Å²) in [5, 5.41) is 3.22. The molecular formula is C22H24N6O. The quantitative estimate of drug-likeness (QED) is 0.740. The summed E-state index contributed by atoms with van der Waals surface area (Å²) in [5.74, 6) is 1.39. The standard InChI is InChI=1S/C22H24N6O/c1-16-6-7-17(2)19(13-16)26-22-24-14-18(15-25-22)21(29)28-11-9-27(10-12-28)20-5-3-4-8-23-20/h3-8,13-15H,9-12H2,1-2H3,(H,24,25,26). The molecule has 0 saturated carbocycles. The Hall–Kier alpha value is -3.48. The number of rotatable bonds is 4. The first kappa shape index (κ1) is 18.9. The lowest BCUT2D eigenvalue weighted by molar-refractivity contribution is 0.0745. The van der Waals surface area contributed by atoms with Crippen LogP contribution in [0.2, 0.25) is 0 Å². The summed E-state index contributed by atoms with van der Waals surface area (Å²) < 4.78 is 0. The van der Waals surface area contributed by atoms with Gasteiger partial charge in [-0.05, 0) is 43.2 Å². The van der Waals surface area contributed by atoms with Crippen molar-refractivity contribution in [2.75, 3.05) is 36.4 Å². The summed E-state index contributed by atoms with van der Waals surface area (Å²) >= 11 is 0. The van der Waals surface area contributed by atoms with Crippen LogP contribution in [0.1, 0.15) is 21.5 Å². The van der Waals surface area contributed by atoms with Crippen LogP contribution in [0.3, 0.4) is 0 Å². The van der Waals surface area contributed by atoms with Crippen LogP contribution in [-0.2, 0) is 0 Å². The van der Waals surface area contributed by atoms with Crippen molar-refractivity contribution in [1.82, 2.24) is 19.9 Å². The second-order valence-electron chi connectivity index (χ2n) is 7.21. The van der Waals surface area contributed by atoms with Gasteiger partial charge in [-0.15, -0.1) is 0 Å².